The molecule has 4 nitrogen and oxygen atoms in total. The van der Waals surface area contributed by atoms with Crippen LogP contribution in [-0.4, -0.2) is 49.6 Å². The Morgan fingerprint density at radius 2 is 1.95 bits per heavy atom. The maximum absolute atomic E-state index is 12.2. The number of rotatable bonds is 5. The zero-order valence-corrected chi connectivity index (χ0v) is 13.0. The molecule has 0 aromatic heterocycles. The molecule has 1 amide bonds. The molecule has 2 saturated heterocycles. The quantitative estimate of drug-likeness (QED) is 0.807. The van der Waals surface area contributed by atoms with Crippen LogP contribution in [0.15, 0.2) is 0 Å². The Bertz CT molecular complexity index is 281. The van der Waals surface area contributed by atoms with E-state index in [4.69, 9.17) is 0 Å². The first-order valence-corrected chi connectivity index (χ1v) is 8.49. The van der Waals surface area contributed by atoms with Crippen LogP contribution in [0.25, 0.3) is 0 Å². The molecule has 2 heterocycles. The lowest BCUT2D eigenvalue weighted by Crippen LogP contribution is -2.46. The van der Waals surface area contributed by atoms with Crippen molar-refractivity contribution in [2.45, 2.75) is 57.9 Å². The number of nitrogens with zero attached hydrogens (tertiary/aromatic N) is 1. The third-order valence-electron chi connectivity index (χ3n) is 4.52. The topological polar surface area (TPSA) is 44.4 Å². The van der Waals surface area contributed by atoms with Crippen molar-refractivity contribution in [2.24, 2.45) is 5.92 Å². The number of piperidine rings is 1. The van der Waals surface area contributed by atoms with Crippen molar-refractivity contribution in [1.82, 2.24) is 15.5 Å². The SMILES string of the molecule is CC(CNC(=O)C1CCCCCN1)CN1CCCCC1. The predicted molar refractivity (Wildman–Crippen MR) is 82.7 cm³/mol. The zero-order valence-electron chi connectivity index (χ0n) is 13.0. The van der Waals surface area contributed by atoms with Crippen LogP contribution in [-0.2, 0) is 4.79 Å². The van der Waals surface area contributed by atoms with Crippen LogP contribution in [0.2, 0.25) is 0 Å². The van der Waals surface area contributed by atoms with Gasteiger partial charge in [-0.2, -0.15) is 0 Å². The van der Waals surface area contributed by atoms with Crippen molar-refractivity contribution < 1.29 is 4.79 Å². The summed E-state index contributed by atoms with van der Waals surface area (Å²) in [7, 11) is 0. The van der Waals surface area contributed by atoms with E-state index in [0.717, 1.165) is 26.1 Å². The Balaban J connectivity index is 1.63. The summed E-state index contributed by atoms with van der Waals surface area (Å²) in [6.07, 6.45) is 8.68. The predicted octanol–water partition coefficient (Wildman–Crippen LogP) is 1.76. The first kappa shape index (κ1) is 15.8. The van der Waals surface area contributed by atoms with E-state index >= 15 is 0 Å². The van der Waals surface area contributed by atoms with Crippen molar-refractivity contribution in [3.8, 4) is 0 Å². The molecule has 0 radical (unpaired) electrons. The molecule has 0 saturated carbocycles. The number of likely N-dealkylation sites (tertiary alicyclic amines) is 1. The van der Waals surface area contributed by atoms with Gasteiger partial charge in [0.2, 0.25) is 5.91 Å². The first-order chi connectivity index (χ1) is 9.75. The Labute approximate surface area is 123 Å². The second-order valence-electron chi connectivity index (χ2n) is 6.57. The number of hydrogen-bond donors (Lipinski definition) is 2. The van der Waals surface area contributed by atoms with Crippen LogP contribution in [0.5, 0.6) is 0 Å². The molecular weight excluding hydrogens is 250 g/mol. The van der Waals surface area contributed by atoms with Crippen LogP contribution in [0, 0.1) is 5.92 Å². The fourth-order valence-electron chi connectivity index (χ4n) is 3.30. The van der Waals surface area contributed by atoms with Gasteiger partial charge in [-0.05, 0) is 51.2 Å². The molecule has 2 N–H and O–H groups in total. The van der Waals surface area contributed by atoms with Gasteiger partial charge in [-0.3, -0.25) is 4.79 Å². The van der Waals surface area contributed by atoms with E-state index in [1.807, 2.05) is 0 Å². The second-order valence-corrected chi connectivity index (χ2v) is 6.57. The Kier molecular flexibility index (Phi) is 6.80. The molecule has 2 rings (SSSR count). The van der Waals surface area contributed by atoms with E-state index in [1.165, 1.54) is 51.6 Å². The van der Waals surface area contributed by atoms with E-state index in [9.17, 15) is 4.79 Å². The number of carbonyl (C=O) groups is 1. The molecule has 2 fully saturated rings. The molecule has 2 aliphatic rings. The van der Waals surface area contributed by atoms with E-state index in [1.54, 1.807) is 0 Å². The summed E-state index contributed by atoms with van der Waals surface area (Å²) in [6.45, 7) is 7.65. The van der Waals surface area contributed by atoms with Gasteiger partial charge < -0.3 is 15.5 Å². The summed E-state index contributed by atoms with van der Waals surface area (Å²) in [5.41, 5.74) is 0. The number of hydrogen-bond acceptors (Lipinski definition) is 3. The lowest BCUT2D eigenvalue weighted by molar-refractivity contribution is -0.123. The highest BCUT2D eigenvalue weighted by Gasteiger charge is 2.20. The highest BCUT2D eigenvalue weighted by molar-refractivity contribution is 5.81. The molecule has 2 unspecified atom stereocenters. The monoisotopic (exact) mass is 281 g/mol. The summed E-state index contributed by atoms with van der Waals surface area (Å²) in [4.78, 5) is 14.7. The van der Waals surface area contributed by atoms with Gasteiger partial charge in [0.1, 0.15) is 0 Å². The Hall–Kier alpha value is -0.610. The third-order valence-corrected chi connectivity index (χ3v) is 4.52. The van der Waals surface area contributed by atoms with Crippen molar-refractivity contribution >= 4 is 5.91 Å². The Morgan fingerprint density at radius 3 is 2.75 bits per heavy atom. The third kappa shape index (κ3) is 5.41. The average Bonchev–Trinajstić information content (AvgIpc) is 2.75. The minimum absolute atomic E-state index is 0.0414. The summed E-state index contributed by atoms with van der Waals surface area (Å²) >= 11 is 0. The zero-order chi connectivity index (χ0) is 14.2. The summed E-state index contributed by atoms with van der Waals surface area (Å²) in [6, 6.07) is 0.0414. The maximum atomic E-state index is 12.2. The largest absolute Gasteiger partial charge is 0.354 e. The maximum Gasteiger partial charge on any atom is 0.237 e. The standard InChI is InChI=1S/C16H31N3O/c1-14(13-19-10-6-3-7-11-19)12-18-16(20)15-8-4-2-5-9-17-15/h14-15,17H,2-13H2,1H3,(H,18,20). The highest BCUT2D eigenvalue weighted by Crippen LogP contribution is 2.11. The summed E-state index contributed by atoms with van der Waals surface area (Å²) in [5.74, 6) is 0.750. The van der Waals surface area contributed by atoms with Crippen LogP contribution in [0.3, 0.4) is 0 Å². The fraction of sp³-hybridized carbons (Fsp3) is 0.938. The molecular formula is C16H31N3O. The number of nitrogens with one attached hydrogen (secondary N) is 2. The van der Waals surface area contributed by atoms with Gasteiger partial charge in [-0.25, -0.2) is 0 Å². The van der Waals surface area contributed by atoms with Gasteiger partial charge in [0.05, 0.1) is 6.04 Å². The van der Waals surface area contributed by atoms with Crippen LogP contribution in [0.4, 0.5) is 0 Å². The van der Waals surface area contributed by atoms with Crippen LogP contribution >= 0.6 is 0 Å². The van der Waals surface area contributed by atoms with E-state index in [2.05, 4.69) is 22.5 Å². The molecule has 0 aliphatic carbocycles. The highest BCUT2D eigenvalue weighted by atomic mass is 16.2. The lowest BCUT2D eigenvalue weighted by atomic mass is 10.1. The molecule has 0 bridgehead atoms. The van der Waals surface area contributed by atoms with Crippen LogP contribution in [0.1, 0.15) is 51.9 Å². The van der Waals surface area contributed by atoms with Gasteiger partial charge in [0, 0.05) is 13.1 Å². The average molecular weight is 281 g/mol. The number of amides is 1. The molecule has 20 heavy (non-hydrogen) atoms. The van der Waals surface area contributed by atoms with E-state index < -0.39 is 0 Å². The van der Waals surface area contributed by atoms with Gasteiger partial charge in [0.15, 0.2) is 0 Å². The van der Waals surface area contributed by atoms with Gasteiger partial charge in [0.25, 0.3) is 0 Å². The molecule has 2 aliphatic heterocycles. The molecule has 4 heteroatoms. The first-order valence-electron chi connectivity index (χ1n) is 8.49. The number of carbonyl (C=O) groups excluding carboxylic acids is 1. The van der Waals surface area contributed by atoms with Crippen molar-refractivity contribution in [2.75, 3.05) is 32.7 Å². The molecule has 0 spiro atoms. The fourth-order valence-corrected chi connectivity index (χ4v) is 3.30. The van der Waals surface area contributed by atoms with Gasteiger partial charge in [-0.1, -0.05) is 26.2 Å². The molecule has 0 aromatic rings. The normalized spacial score (nSPS) is 26.8. The van der Waals surface area contributed by atoms with Gasteiger partial charge in [-0.15, -0.1) is 0 Å². The lowest BCUT2D eigenvalue weighted by Gasteiger charge is -2.29. The smallest absolute Gasteiger partial charge is 0.237 e. The summed E-state index contributed by atoms with van der Waals surface area (Å²) in [5, 5.41) is 6.51. The Morgan fingerprint density at radius 1 is 1.20 bits per heavy atom. The second kappa shape index (κ2) is 8.63. The molecule has 0 aromatic carbocycles. The summed E-state index contributed by atoms with van der Waals surface area (Å²) < 4.78 is 0. The minimum atomic E-state index is 0.0414. The van der Waals surface area contributed by atoms with Crippen LogP contribution < -0.4 is 10.6 Å². The van der Waals surface area contributed by atoms with E-state index in [-0.39, 0.29) is 11.9 Å². The van der Waals surface area contributed by atoms with Gasteiger partial charge >= 0.3 is 0 Å². The van der Waals surface area contributed by atoms with Crippen molar-refractivity contribution in [3.63, 3.8) is 0 Å². The van der Waals surface area contributed by atoms with Crippen molar-refractivity contribution in [1.29, 1.82) is 0 Å². The molecule has 116 valence electrons. The van der Waals surface area contributed by atoms with Crippen molar-refractivity contribution in [3.05, 3.63) is 0 Å². The minimum Gasteiger partial charge on any atom is -0.354 e. The molecule has 2 atom stereocenters. The van der Waals surface area contributed by atoms with E-state index in [0.29, 0.717) is 5.92 Å².